The molecule has 42 heavy (non-hydrogen) atoms. The van der Waals surface area contributed by atoms with Crippen molar-refractivity contribution in [2.45, 2.75) is 31.0 Å². The number of aliphatic hydroxyl groups is 2. The molecule has 1 fully saturated rings. The number of hydrogen-bond donors (Lipinski definition) is 4. The number of benzene rings is 2. The average Bonchev–Trinajstić information content (AvgIpc) is 3.60. The van der Waals surface area contributed by atoms with Crippen LogP contribution >= 0.6 is 0 Å². The fourth-order valence-corrected chi connectivity index (χ4v) is 4.81. The zero-order chi connectivity index (χ0) is 29.8. The molecule has 0 aliphatic carbocycles. The first-order chi connectivity index (χ1) is 20.4. The second kappa shape index (κ2) is 12.5. The number of imidazole rings is 1. The highest BCUT2D eigenvalue weighted by Crippen LogP contribution is 2.33. The van der Waals surface area contributed by atoms with Crippen molar-refractivity contribution in [1.29, 1.82) is 0 Å². The highest BCUT2D eigenvalue weighted by Gasteiger charge is 2.46. The van der Waals surface area contributed by atoms with Crippen LogP contribution in [0.5, 0.6) is 23.0 Å². The van der Waals surface area contributed by atoms with E-state index in [0.717, 1.165) is 5.56 Å². The number of anilines is 1. The molecule has 0 unspecified atom stereocenters. The van der Waals surface area contributed by atoms with Crippen LogP contribution in [-0.4, -0.2) is 88.9 Å². The van der Waals surface area contributed by atoms with Gasteiger partial charge in [0, 0.05) is 18.2 Å². The SMILES string of the molecule is COc1cc(OC)cc(C(=O)N[C@@H]2[C@H](O)[C@@H](CO)O[C@H]2n2cnc3c(NCc4ccc(OC)c(OC)c4)ncnc32)c1. The number of aromatic nitrogens is 4. The summed E-state index contributed by atoms with van der Waals surface area (Å²) in [7, 11) is 6.11. The van der Waals surface area contributed by atoms with Crippen LogP contribution in [0, 0.1) is 0 Å². The number of hydrogen-bond acceptors (Lipinski definition) is 12. The number of amides is 1. The Morgan fingerprint density at radius 1 is 0.976 bits per heavy atom. The first kappa shape index (κ1) is 28.9. The summed E-state index contributed by atoms with van der Waals surface area (Å²) >= 11 is 0. The quantitative estimate of drug-likeness (QED) is 0.202. The van der Waals surface area contributed by atoms with Gasteiger partial charge in [-0.05, 0) is 29.8 Å². The molecule has 4 atom stereocenters. The molecule has 14 heteroatoms. The molecule has 5 rings (SSSR count). The summed E-state index contributed by atoms with van der Waals surface area (Å²) in [5, 5.41) is 26.9. The van der Waals surface area contributed by atoms with Crippen molar-refractivity contribution in [2.24, 2.45) is 0 Å². The number of carbonyl (C=O) groups is 1. The summed E-state index contributed by atoms with van der Waals surface area (Å²) in [5.74, 6) is 2.05. The van der Waals surface area contributed by atoms with Crippen LogP contribution < -0.4 is 29.6 Å². The molecule has 0 bridgehead atoms. The maximum absolute atomic E-state index is 13.3. The van der Waals surface area contributed by atoms with Gasteiger partial charge in [-0.15, -0.1) is 0 Å². The van der Waals surface area contributed by atoms with Gasteiger partial charge in [0.1, 0.15) is 36.1 Å². The lowest BCUT2D eigenvalue weighted by molar-refractivity contribution is -0.0440. The number of nitrogens with one attached hydrogen (secondary N) is 2. The predicted octanol–water partition coefficient (Wildman–Crippen LogP) is 1.52. The smallest absolute Gasteiger partial charge is 0.252 e. The van der Waals surface area contributed by atoms with Gasteiger partial charge in [-0.25, -0.2) is 15.0 Å². The van der Waals surface area contributed by atoms with Gasteiger partial charge in [-0.3, -0.25) is 9.36 Å². The highest BCUT2D eigenvalue weighted by molar-refractivity contribution is 5.95. The third-order valence-corrected chi connectivity index (χ3v) is 7.00. The summed E-state index contributed by atoms with van der Waals surface area (Å²) in [4.78, 5) is 26.5. The minimum absolute atomic E-state index is 0.254. The van der Waals surface area contributed by atoms with Gasteiger partial charge in [-0.1, -0.05) is 6.07 Å². The summed E-state index contributed by atoms with van der Waals surface area (Å²) < 4.78 is 28.8. The number of fused-ring (bicyclic) bond motifs is 1. The molecular formula is C28H32N6O8. The Kier molecular flexibility index (Phi) is 8.56. The Labute approximate surface area is 241 Å². The van der Waals surface area contributed by atoms with E-state index in [1.807, 2.05) is 18.2 Å². The van der Waals surface area contributed by atoms with Crippen LogP contribution in [0.15, 0.2) is 49.1 Å². The Morgan fingerprint density at radius 3 is 2.38 bits per heavy atom. The first-order valence-corrected chi connectivity index (χ1v) is 13.0. The lowest BCUT2D eigenvalue weighted by Crippen LogP contribution is -2.46. The van der Waals surface area contributed by atoms with Gasteiger partial charge in [0.05, 0.1) is 41.4 Å². The van der Waals surface area contributed by atoms with E-state index in [-0.39, 0.29) is 5.56 Å². The maximum Gasteiger partial charge on any atom is 0.252 e. The third-order valence-electron chi connectivity index (χ3n) is 7.00. The van der Waals surface area contributed by atoms with Crippen molar-refractivity contribution in [1.82, 2.24) is 24.8 Å². The molecule has 1 aliphatic heterocycles. The molecule has 0 spiro atoms. The number of nitrogens with zero attached hydrogens (tertiary/aromatic N) is 4. The Balaban J connectivity index is 1.41. The molecule has 2 aromatic heterocycles. The second-order valence-corrected chi connectivity index (χ2v) is 9.43. The van der Waals surface area contributed by atoms with Crippen LogP contribution in [0.4, 0.5) is 5.82 Å². The van der Waals surface area contributed by atoms with Gasteiger partial charge in [-0.2, -0.15) is 0 Å². The molecule has 222 valence electrons. The van der Waals surface area contributed by atoms with Crippen LogP contribution in [0.2, 0.25) is 0 Å². The minimum Gasteiger partial charge on any atom is -0.497 e. The van der Waals surface area contributed by atoms with Crippen molar-refractivity contribution in [3.05, 3.63) is 60.2 Å². The standard InChI is InChI=1S/C28H32N6O8/c1-38-17-8-16(9-18(10-17)39-2)27(37)33-22-24(36)21(12-35)42-28(22)34-14-32-23-25(30-13-31-26(23)34)29-11-15-5-6-19(40-3)20(7-15)41-4/h5-10,13-14,21-22,24,28,35-36H,11-12H2,1-4H3,(H,33,37)(H,29,30,31)/t21-,22-,24-,28-/m1/s1. The third kappa shape index (κ3) is 5.59. The van der Waals surface area contributed by atoms with Crippen LogP contribution in [0.1, 0.15) is 22.1 Å². The summed E-state index contributed by atoms with van der Waals surface area (Å²) in [6, 6.07) is 9.36. The zero-order valence-electron chi connectivity index (χ0n) is 23.5. The Hall–Kier alpha value is -4.66. The van der Waals surface area contributed by atoms with Crippen LogP contribution in [0.25, 0.3) is 11.2 Å². The first-order valence-electron chi connectivity index (χ1n) is 13.0. The van der Waals surface area contributed by atoms with Gasteiger partial charge in [0.2, 0.25) is 0 Å². The van der Waals surface area contributed by atoms with Gasteiger partial charge in [0.25, 0.3) is 5.91 Å². The van der Waals surface area contributed by atoms with Crippen molar-refractivity contribution in [2.75, 3.05) is 40.4 Å². The number of aliphatic hydroxyl groups excluding tert-OH is 2. The average molecular weight is 581 g/mol. The van der Waals surface area contributed by atoms with Crippen molar-refractivity contribution in [3.63, 3.8) is 0 Å². The summed E-state index contributed by atoms with van der Waals surface area (Å²) in [6.07, 6.45) is -0.249. The highest BCUT2D eigenvalue weighted by atomic mass is 16.5. The van der Waals surface area contributed by atoms with Gasteiger partial charge in [0.15, 0.2) is 34.7 Å². The number of rotatable bonds is 11. The van der Waals surface area contributed by atoms with E-state index in [1.165, 1.54) is 26.9 Å². The Bertz CT molecular complexity index is 1540. The second-order valence-electron chi connectivity index (χ2n) is 9.43. The molecule has 1 saturated heterocycles. The predicted molar refractivity (Wildman–Crippen MR) is 150 cm³/mol. The van der Waals surface area contributed by atoms with Gasteiger partial charge >= 0.3 is 0 Å². The van der Waals surface area contributed by atoms with Crippen molar-refractivity contribution < 1.29 is 38.7 Å². The van der Waals surface area contributed by atoms with E-state index in [1.54, 1.807) is 37.0 Å². The number of ether oxygens (including phenoxy) is 5. The largest absolute Gasteiger partial charge is 0.497 e. The van der Waals surface area contributed by atoms with E-state index in [2.05, 4.69) is 25.6 Å². The molecule has 1 aliphatic rings. The minimum atomic E-state index is -1.22. The molecule has 1 amide bonds. The van der Waals surface area contributed by atoms with E-state index in [0.29, 0.717) is 46.5 Å². The van der Waals surface area contributed by atoms with Crippen molar-refractivity contribution >= 4 is 22.9 Å². The molecular weight excluding hydrogens is 548 g/mol. The van der Waals surface area contributed by atoms with E-state index < -0.39 is 37.0 Å². The molecule has 0 saturated carbocycles. The molecule has 0 radical (unpaired) electrons. The number of methoxy groups -OCH3 is 4. The molecule has 2 aromatic carbocycles. The van der Waals surface area contributed by atoms with E-state index in [9.17, 15) is 15.0 Å². The topological polar surface area (TPSA) is 171 Å². The monoisotopic (exact) mass is 580 g/mol. The molecule has 14 nitrogen and oxygen atoms in total. The van der Waals surface area contributed by atoms with Crippen molar-refractivity contribution in [3.8, 4) is 23.0 Å². The fraction of sp³-hybridized carbons (Fsp3) is 0.357. The lowest BCUT2D eigenvalue weighted by Gasteiger charge is -2.23. The maximum atomic E-state index is 13.3. The molecule has 4 N–H and O–H groups in total. The van der Waals surface area contributed by atoms with Gasteiger partial charge < -0.3 is 44.5 Å². The number of carbonyl (C=O) groups excluding carboxylic acids is 1. The Morgan fingerprint density at radius 2 is 1.71 bits per heavy atom. The zero-order valence-corrected chi connectivity index (χ0v) is 23.5. The normalized spacial score (nSPS) is 19.9. The van der Waals surface area contributed by atoms with Crippen LogP contribution in [-0.2, 0) is 11.3 Å². The van der Waals surface area contributed by atoms with E-state index in [4.69, 9.17) is 23.7 Å². The lowest BCUT2D eigenvalue weighted by atomic mass is 10.1. The summed E-state index contributed by atoms with van der Waals surface area (Å²) in [5.41, 5.74) is 2.02. The van der Waals surface area contributed by atoms with E-state index >= 15 is 0 Å². The molecule has 4 aromatic rings. The summed E-state index contributed by atoms with van der Waals surface area (Å²) in [6.45, 7) is -0.0516. The van der Waals surface area contributed by atoms with Crippen LogP contribution in [0.3, 0.4) is 0 Å². The fourth-order valence-electron chi connectivity index (χ4n) is 4.81. The molecule has 3 heterocycles.